The van der Waals surface area contributed by atoms with Crippen LogP contribution in [0.4, 0.5) is 15.9 Å². The third-order valence-electron chi connectivity index (χ3n) is 5.62. The molecule has 0 aliphatic carbocycles. The van der Waals surface area contributed by atoms with Crippen molar-refractivity contribution in [3.05, 3.63) is 53.0 Å². The van der Waals surface area contributed by atoms with Gasteiger partial charge in [-0.3, -0.25) is 9.59 Å². The molecule has 2 aromatic rings. The lowest BCUT2D eigenvalue weighted by molar-refractivity contribution is -0.117. The van der Waals surface area contributed by atoms with Gasteiger partial charge < -0.3 is 14.7 Å². The van der Waals surface area contributed by atoms with Crippen LogP contribution in [0.2, 0.25) is 0 Å². The summed E-state index contributed by atoms with van der Waals surface area (Å²) in [5.41, 5.74) is 2.81. The molecule has 1 aromatic carbocycles. The number of amides is 2. The van der Waals surface area contributed by atoms with Gasteiger partial charge >= 0.3 is 0 Å². The Morgan fingerprint density at radius 1 is 1.07 bits per heavy atom. The average molecular weight is 396 g/mol. The van der Waals surface area contributed by atoms with Crippen molar-refractivity contribution in [2.24, 2.45) is 0 Å². The van der Waals surface area contributed by atoms with Gasteiger partial charge in [-0.2, -0.15) is 0 Å². The molecule has 152 valence electrons. The van der Waals surface area contributed by atoms with Crippen molar-refractivity contribution in [2.75, 3.05) is 42.5 Å². The smallest absolute Gasteiger partial charge is 0.256 e. The standard InChI is InChI=1S/C22H25FN4O2/c1-15-12-16(2)21(24-14-15)25-8-10-26(11-9-25)22(29)18-6-5-17(13-19(18)23)27-7-3-4-20(27)28/h5-6,12-14H,3-4,7-11H2,1-2H3. The van der Waals surface area contributed by atoms with E-state index in [9.17, 15) is 14.0 Å². The molecule has 2 saturated heterocycles. The topological polar surface area (TPSA) is 56.8 Å². The maximum Gasteiger partial charge on any atom is 0.256 e. The Kier molecular flexibility index (Phi) is 5.22. The lowest BCUT2D eigenvalue weighted by Crippen LogP contribution is -2.49. The number of carbonyl (C=O) groups is 2. The van der Waals surface area contributed by atoms with Gasteiger partial charge in [-0.15, -0.1) is 0 Å². The fourth-order valence-electron chi connectivity index (χ4n) is 4.10. The number of pyridine rings is 1. The summed E-state index contributed by atoms with van der Waals surface area (Å²) in [4.78, 5) is 34.7. The van der Waals surface area contributed by atoms with Crippen LogP contribution in [0.5, 0.6) is 0 Å². The van der Waals surface area contributed by atoms with Crippen molar-refractivity contribution in [1.82, 2.24) is 9.88 Å². The van der Waals surface area contributed by atoms with E-state index in [1.54, 1.807) is 15.9 Å². The van der Waals surface area contributed by atoms with Crippen molar-refractivity contribution < 1.29 is 14.0 Å². The molecule has 4 rings (SSSR count). The van der Waals surface area contributed by atoms with Crippen LogP contribution >= 0.6 is 0 Å². The van der Waals surface area contributed by atoms with E-state index in [0.717, 1.165) is 23.4 Å². The molecule has 7 heteroatoms. The van der Waals surface area contributed by atoms with Gasteiger partial charge in [0.1, 0.15) is 11.6 Å². The SMILES string of the molecule is Cc1cnc(N2CCN(C(=O)c3ccc(N4CCCC4=O)cc3F)CC2)c(C)c1. The Labute approximate surface area is 169 Å². The molecule has 3 heterocycles. The summed E-state index contributed by atoms with van der Waals surface area (Å²) in [5.74, 6) is 0.0498. The highest BCUT2D eigenvalue weighted by Gasteiger charge is 2.27. The molecule has 0 radical (unpaired) electrons. The highest BCUT2D eigenvalue weighted by Crippen LogP contribution is 2.25. The second-order valence-corrected chi connectivity index (χ2v) is 7.75. The Hall–Kier alpha value is -2.96. The summed E-state index contributed by atoms with van der Waals surface area (Å²) in [5, 5.41) is 0. The van der Waals surface area contributed by atoms with Gasteiger partial charge in [0, 0.05) is 51.0 Å². The summed E-state index contributed by atoms with van der Waals surface area (Å²) in [6.07, 6.45) is 3.12. The van der Waals surface area contributed by atoms with E-state index in [0.29, 0.717) is 44.8 Å². The predicted octanol–water partition coefficient (Wildman–Crippen LogP) is 2.93. The minimum atomic E-state index is -0.578. The lowest BCUT2D eigenvalue weighted by Gasteiger charge is -2.36. The molecule has 1 aromatic heterocycles. The first-order valence-corrected chi connectivity index (χ1v) is 10.0. The highest BCUT2D eigenvalue weighted by molar-refractivity contribution is 5.98. The van der Waals surface area contributed by atoms with E-state index in [4.69, 9.17) is 0 Å². The number of aryl methyl sites for hydroxylation is 2. The van der Waals surface area contributed by atoms with Gasteiger partial charge in [0.05, 0.1) is 5.56 Å². The second kappa shape index (κ2) is 7.81. The molecule has 0 spiro atoms. The number of hydrogen-bond donors (Lipinski definition) is 0. The molecule has 2 amide bonds. The van der Waals surface area contributed by atoms with Crippen LogP contribution in [0.15, 0.2) is 30.5 Å². The van der Waals surface area contributed by atoms with E-state index in [-0.39, 0.29) is 17.4 Å². The molecule has 0 N–H and O–H groups in total. The third-order valence-corrected chi connectivity index (χ3v) is 5.62. The number of nitrogens with zero attached hydrogens (tertiary/aromatic N) is 4. The number of anilines is 2. The van der Waals surface area contributed by atoms with Gasteiger partial charge in [0.15, 0.2) is 0 Å². The second-order valence-electron chi connectivity index (χ2n) is 7.75. The maximum absolute atomic E-state index is 14.7. The number of rotatable bonds is 3. The lowest BCUT2D eigenvalue weighted by atomic mass is 10.1. The Morgan fingerprint density at radius 3 is 2.45 bits per heavy atom. The molecular weight excluding hydrogens is 371 g/mol. The zero-order valence-electron chi connectivity index (χ0n) is 16.8. The van der Waals surface area contributed by atoms with Crippen molar-refractivity contribution in [1.29, 1.82) is 0 Å². The van der Waals surface area contributed by atoms with Crippen LogP contribution in [-0.4, -0.2) is 54.4 Å². The van der Waals surface area contributed by atoms with Crippen molar-refractivity contribution in [3.8, 4) is 0 Å². The third kappa shape index (κ3) is 3.81. The highest BCUT2D eigenvalue weighted by atomic mass is 19.1. The Bertz CT molecular complexity index is 954. The molecule has 2 aliphatic heterocycles. The fraction of sp³-hybridized carbons (Fsp3) is 0.409. The van der Waals surface area contributed by atoms with Gasteiger partial charge in [-0.1, -0.05) is 6.07 Å². The van der Waals surface area contributed by atoms with E-state index in [1.807, 2.05) is 20.0 Å². The molecular formula is C22H25FN4O2. The van der Waals surface area contributed by atoms with Crippen LogP contribution in [0.1, 0.15) is 34.3 Å². The number of hydrogen-bond acceptors (Lipinski definition) is 4. The summed E-state index contributed by atoms with van der Waals surface area (Å²) < 4.78 is 14.7. The van der Waals surface area contributed by atoms with Gasteiger partial charge in [-0.25, -0.2) is 9.37 Å². The van der Waals surface area contributed by atoms with Crippen LogP contribution in [-0.2, 0) is 4.79 Å². The summed E-state index contributed by atoms with van der Waals surface area (Å²) in [7, 11) is 0. The predicted molar refractivity (Wildman–Crippen MR) is 110 cm³/mol. The molecule has 0 unspecified atom stereocenters. The molecule has 29 heavy (non-hydrogen) atoms. The number of benzene rings is 1. The monoisotopic (exact) mass is 396 g/mol. The van der Waals surface area contributed by atoms with Crippen LogP contribution in [0.25, 0.3) is 0 Å². The summed E-state index contributed by atoms with van der Waals surface area (Å²) in [6.45, 7) is 6.99. The number of halogens is 1. The molecule has 0 atom stereocenters. The van der Waals surface area contributed by atoms with E-state index in [2.05, 4.69) is 16.0 Å². The van der Waals surface area contributed by atoms with E-state index < -0.39 is 5.82 Å². The number of carbonyl (C=O) groups excluding carboxylic acids is 2. The van der Waals surface area contributed by atoms with Crippen molar-refractivity contribution in [2.45, 2.75) is 26.7 Å². The molecule has 6 nitrogen and oxygen atoms in total. The first kappa shape index (κ1) is 19.4. The Morgan fingerprint density at radius 2 is 1.83 bits per heavy atom. The molecule has 0 bridgehead atoms. The maximum atomic E-state index is 14.7. The minimum Gasteiger partial charge on any atom is -0.353 e. The molecule has 2 fully saturated rings. The first-order chi connectivity index (χ1) is 13.9. The minimum absolute atomic E-state index is 0.000364. The zero-order chi connectivity index (χ0) is 20.5. The fourth-order valence-corrected chi connectivity index (χ4v) is 4.10. The van der Waals surface area contributed by atoms with Gasteiger partial charge in [-0.05, 0) is 49.6 Å². The molecule has 0 saturated carbocycles. The first-order valence-electron chi connectivity index (χ1n) is 10.0. The molecule has 2 aliphatic rings. The summed E-state index contributed by atoms with van der Waals surface area (Å²) >= 11 is 0. The average Bonchev–Trinajstić information content (AvgIpc) is 3.13. The quantitative estimate of drug-likeness (QED) is 0.801. The number of piperazine rings is 1. The van der Waals surface area contributed by atoms with Crippen LogP contribution < -0.4 is 9.80 Å². The zero-order valence-corrected chi connectivity index (χ0v) is 16.8. The normalized spacial score (nSPS) is 17.2. The van der Waals surface area contributed by atoms with Crippen LogP contribution in [0, 0.1) is 19.7 Å². The van der Waals surface area contributed by atoms with Gasteiger partial charge in [0.25, 0.3) is 5.91 Å². The van der Waals surface area contributed by atoms with Crippen molar-refractivity contribution in [3.63, 3.8) is 0 Å². The van der Waals surface area contributed by atoms with Crippen LogP contribution in [0.3, 0.4) is 0 Å². The van der Waals surface area contributed by atoms with Crippen molar-refractivity contribution >= 4 is 23.3 Å². The van der Waals surface area contributed by atoms with E-state index >= 15 is 0 Å². The Balaban J connectivity index is 1.43. The van der Waals surface area contributed by atoms with E-state index in [1.165, 1.54) is 12.1 Å². The summed E-state index contributed by atoms with van der Waals surface area (Å²) in [6, 6.07) is 6.56. The van der Waals surface area contributed by atoms with Gasteiger partial charge in [0.2, 0.25) is 5.91 Å². The number of aromatic nitrogens is 1. The largest absolute Gasteiger partial charge is 0.353 e.